The number of benzene rings is 4. The third kappa shape index (κ3) is 8.96. The topological polar surface area (TPSA) is 84.9 Å². The average Bonchev–Trinajstić information content (AvgIpc) is 3.03. The molecule has 4 rings (SSSR count). The van der Waals surface area contributed by atoms with Crippen molar-refractivity contribution in [2.75, 3.05) is 0 Å². The Kier molecular flexibility index (Phi) is 11.2. The maximum atomic E-state index is 12.4. The lowest BCUT2D eigenvalue weighted by Gasteiger charge is -2.20. The second-order valence-corrected chi connectivity index (χ2v) is 10.4. The maximum absolute atomic E-state index is 12.4. The zero-order valence-electron chi connectivity index (χ0n) is 24.3. The Bertz CT molecular complexity index is 1400. The second-order valence-electron chi connectivity index (χ2n) is 10.4. The van der Waals surface area contributed by atoms with E-state index in [1.807, 2.05) is 54.6 Å². The van der Waals surface area contributed by atoms with Gasteiger partial charge >= 0.3 is 5.97 Å². The molecule has 6 heteroatoms. The number of carbonyl (C=O) groups is 2. The van der Waals surface area contributed by atoms with Gasteiger partial charge in [-0.15, -0.1) is 0 Å². The van der Waals surface area contributed by atoms with Crippen LogP contribution in [-0.2, 0) is 11.4 Å². The fourth-order valence-electron chi connectivity index (χ4n) is 4.61. The van der Waals surface area contributed by atoms with Gasteiger partial charge in [0.1, 0.15) is 30.3 Å². The van der Waals surface area contributed by atoms with E-state index in [4.69, 9.17) is 14.6 Å². The van der Waals surface area contributed by atoms with Crippen LogP contribution >= 0.6 is 0 Å². The fourth-order valence-corrected chi connectivity index (χ4v) is 4.61. The van der Waals surface area contributed by atoms with E-state index in [-0.39, 0.29) is 6.10 Å². The molecule has 4 aromatic rings. The Morgan fingerprint density at radius 1 is 0.762 bits per heavy atom. The normalized spacial score (nSPS) is 12.2. The molecule has 1 amide bonds. The summed E-state index contributed by atoms with van der Waals surface area (Å²) in [4.78, 5) is 23.5. The number of hydrogen-bond acceptors (Lipinski definition) is 4. The number of carboxylic acids is 1. The number of unbranched alkanes of at least 4 members (excludes halogenated alkanes) is 3. The Balaban J connectivity index is 1.36. The highest BCUT2D eigenvalue weighted by Gasteiger charge is 2.17. The zero-order chi connectivity index (χ0) is 29.7. The highest BCUT2D eigenvalue weighted by Crippen LogP contribution is 2.29. The van der Waals surface area contributed by atoms with Crippen LogP contribution in [0.3, 0.4) is 0 Å². The summed E-state index contributed by atoms with van der Waals surface area (Å²) in [6.45, 7) is 4.10. The van der Waals surface area contributed by atoms with Gasteiger partial charge < -0.3 is 19.9 Å². The molecule has 0 aromatic heterocycles. The van der Waals surface area contributed by atoms with Crippen LogP contribution in [0.4, 0.5) is 0 Å². The van der Waals surface area contributed by atoms with E-state index in [1.165, 1.54) is 24.5 Å². The van der Waals surface area contributed by atoms with Gasteiger partial charge in [0.2, 0.25) is 0 Å². The quantitative estimate of drug-likeness (QED) is 0.142. The van der Waals surface area contributed by atoms with Crippen LogP contribution < -0.4 is 14.8 Å². The Morgan fingerprint density at radius 2 is 1.40 bits per heavy atom. The number of rotatable bonds is 15. The largest absolute Gasteiger partial charge is 0.489 e. The van der Waals surface area contributed by atoms with Crippen LogP contribution in [0.2, 0.25) is 0 Å². The molecule has 2 atom stereocenters. The number of nitrogens with one attached hydrogen (secondary N) is 1. The summed E-state index contributed by atoms with van der Waals surface area (Å²) in [6.07, 6.45) is 5.16. The molecule has 0 spiro atoms. The lowest BCUT2D eigenvalue weighted by molar-refractivity contribution is -0.138. The highest BCUT2D eigenvalue weighted by molar-refractivity contribution is 5.96. The van der Waals surface area contributed by atoms with Crippen molar-refractivity contribution in [1.82, 2.24) is 5.32 Å². The van der Waals surface area contributed by atoms with Crippen molar-refractivity contribution in [1.29, 1.82) is 0 Å². The van der Waals surface area contributed by atoms with Crippen molar-refractivity contribution < 1.29 is 24.2 Å². The van der Waals surface area contributed by atoms with Crippen molar-refractivity contribution in [3.63, 3.8) is 0 Å². The lowest BCUT2D eigenvalue weighted by Crippen LogP contribution is -2.38. The van der Waals surface area contributed by atoms with Gasteiger partial charge in [-0.3, -0.25) is 9.59 Å². The zero-order valence-corrected chi connectivity index (χ0v) is 24.3. The van der Waals surface area contributed by atoms with E-state index in [0.717, 1.165) is 48.3 Å². The van der Waals surface area contributed by atoms with E-state index in [0.29, 0.717) is 12.2 Å². The first-order chi connectivity index (χ1) is 20.4. The van der Waals surface area contributed by atoms with E-state index < -0.39 is 17.9 Å². The molecule has 0 radical (unpaired) electrons. The van der Waals surface area contributed by atoms with Gasteiger partial charge in [-0.1, -0.05) is 92.9 Å². The van der Waals surface area contributed by atoms with E-state index >= 15 is 0 Å². The minimum Gasteiger partial charge on any atom is -0.489 e. The van der Waals surface area contributed by atoms with Gasteiger partial charge in [-0.25, -0.2) is 0 Å². The predicted molar refractivity (Wildman–Crippen MR) is 166 cm³/mol. The molecular formula is C36H39NO5. The Hall–Kier alpha value is -4.58. The summed E-state index contributed by atoms with van der Waals surface area (Å²) in [5, 5.41) is 11.5. The standard InChI is InChI=1S/C36H39NO5/c1-3-4-5-9-12-34(30-17-19-31(20-18-30)35(38)37-26(2)36(39)40)42-33-23-21-32(22-24-33)41-25-27-13-15-29(16-14-27)28-10-7-6-8-11-28/h6-8,10-11,13-24,26,34H,3-5,9,12,25H2,1-2H3,(H,37,38)(H,39,40). The first-order valence-corrected chi connectivity index (χ1v) is 14.6. The smallest absolute Gasteiger partial charge is 0.325 e. The molecule has 0 aliphatic carbocycles. The predicted octanol–water partition coefficient (Wildman–Crippen LogP) is 8.23. The molecule has 0 aliphatic heterocycles. The third-order valence-corrected chi connectivity index (χ3v) is 7.15. The van der Waals surface area contributed by atoms with Gasteiger partial charge in [-0.2, -0.15) is 0 Å². The molecule has 0 fully saturated rings. The molecule has 0 saturated heterocycles. The van der Waals surface area contributed by atoms with Crippen molar-refractivity contribution in [3.8, 4) is 22.6 Å². The molecule has 42 heavy (non-hydrogen) atoms. The Labute approximate surface area is 248 Å². The molecule has 218 valence electrons. The molecule has 0 aliphatic rings. The number of ether oxygens (including phenoxy) is 2. The molecule has 0 saturated carbocycles. The number of aliphatic carboxylic acids is 1. The molecule has 6 nitrogen and oxygen atoms in total. The summed E-state index contributed by atoms with van der Waals surface area (Å²) < 4.78 is 12.4. The fraction of sp³-hybridized carbons (Fsp3) is 0.278. The SMILES string of the molecule is CCCCCCC(Oc1ccc(OCc2ccc(-c3ccccc3)cc2)cc1)c1ccc(C(=O)NC(C)C(=O)O)cc1. The monoisotopic (exact) mass is 565 g/mol. The van der Waals surface area contributed by atoms with E-state index in [9.17, 15) is 9.59 Å². The molecule has 0 bridgehead atoms. The molecule has 0 heterocycles. The van der Waals surface area contributed by atoms with E-state index in [1.54, 1.807) is 12.1 Å². The number of amides is 1. The van der Waals surface area contributed by atoms with Gasteiger partial charge in [0.05, 0.1) is 0 Å². The molecule has 2 N–H and O–H groups in total. The van der Waals surface area contributed by atoms with Crippen molar-refractivity contribution in [2.24, 2.45) is 0 Å². The molecule has 4 aromatic carbocycles. The van der Waals surface area contributed by atoms with Crippen LogP contribution in [0, 0.1) is 0 Å². The first-order valence-electron chi connectivity index (χ1n) is 14.6. The number of carboxylic acid groups (broad SMARTS) is 1. The average molecular weight is 566 g/mol. The highest BCUT2D eigenvalue weighted by atomic mass is 16.5. The third-order valence-electron chi connectivity index (χ3n) is 7.15. The molecule has 2 unspecified atom stereocenters. The summed E-state index contributed by atoms with van der Waals surface area (Å²) in [5.74, 6) is 0.0149. The lowest BCUT2D eigenvalue weighted by atomic mass is 10.0. The van der Waals surface area contributed by atoms with Crippen molar-refractivity contribution in [2.45, 2.75) is 64.7 Å². The van der Waals surface area contributed by atoms with Crippen LogP contribution in [0.25, 0.3) is 11.1 Å². The summed E-state index contributed by atoms with van der Waals surface area (Å²) in [7, 11) is 0. The van der Waals surface area contributed by atoms with Crippen molar-refractivity contribution >= 4 is 11.9 Å². The van der Waals surface area contributed by atoms with Crippen LogP contribution in [0.15, 0.2) is 103 Å². The minimum atomic E-state index is -1.07. The first kappa shape index (κ1) is 30.4. The number of hydrogen-bond donors (Lipinski definition) is 2. The summed E-state index contributed by atoms with van der Waals surface area (Å²) >= 11 is 0. The van der Waals surface area contributed by atoms with Gasteiger partial charge in [-0.05, 0) is 78.4 Å². The number of carbonyl (C=O) groups excluding carboxylic acids is 1. The van der Waals surface area contributed by atoms with Gasteiger partial charge in [0, 0.05) is 5.56 Å². The van der Waals surface area contributed by atoms with Gasteiger partial charge in [0.25, 0.3) is 5.91 Å². The van der Waals surface area contributed by atoms with Crippen LogP contribution in [0.5, 0.6) is 11.5 Å². The van der Waals surface area contributed by atoms with Gasteiger partial charge in [0.15, 0.2) is 0 Å². The second kappa shape index (κ2) is 15.4. The maximum Gasteiger partial charge on any atom is 0.325 e. The minimum absolute atomic E-state index is 0.174. The Morgan fingerprint density at radius 3 is 2.05 bits per heavy atom. The van der Waals surface area contributed by atoms with Crippen LogP contribution in [-0.4, -0.2) is 23.0 Å². The van der Waals surface area contributed by atoms with Crippen molar-refractivity contribution in [3.05, 3.63) is 120 Å². The molecular weight excluding hydrogens is 526 g/mol. The summed E-state index contributed by atoms with van der Waals surface area (Å²) in [5.41, 5.74) is 4.84. The summed E-state index contributed by atoms with van der Waals surface area (Å²) in [6, 6.07) is 32.6. The van der Waals surface area contributed by atoms with E-state index in [2.05, 4.69) is 48.6 Å². The van der Waals surface area contributed by atoms with Crippen LogP contribution in [0.1, 0.15) is 73.5 Å².